The summed E-state index contributed by atoms with van der Waals surface area (Å²) in [6.07, 6.45) is 3.02. The summed E-state index contributed by atoms with van der Waals surface area (Å²) >= 11 is 3.45. The molecule has 0 aliphatic heterocycles. The zero-order valence-electron chi connectivity index (χ0n) is 7.71. The first-order valence-corrected chi connectivity index (χ1v) is 5.09. The van der Waals surface area contributed by atoms with Crippen LogP contribution in [0.25, 0.3) is 4.48 Å². The van der Waals surface area contributed by atoms with E-state index in [4.69, 9.17) is 0 Å². The lowest BCUT2D eigenvalue weighted by molar-refractivity contribution is 0.0600. The van der Waals surface area contributed by atoms with E-state index in [1.54, 1.807) is 6.07 Å². The number of fused-ring (bicyclic) bond motifs is 1. The second-order valence-electron chi connectivity index (χ2n) is 3.12. The van der Waals surface area contributed by atoms with Crippen molar-refractivity contribution in [1.82, 2.24) is 0 Å². The number of carbonyl (C=O) groups is 1. The van der Waals surface area contributed by atoms with E-state index in [1.165, 1.54) is 12.7 Å². The molecule has 0 amide bonds. The van der Waals surface area contributed by atoms with Gasteiger partial charge in [0.1, 0.15) is 0 Å². The van der Waals surface area contributed by atoms with Crippen molar-refractivity contribution < 1.29 is 9.53 Å². The van der Waals surface area contributed by atoms with E-state index in [-0.39, 0.29) is 5.97 Å². The smallest absolute Gasteiger partial charge is 0.337 e. The van der Waals surface area contributed by atoms with Gasteiger partial charge in [0.15, 0.2) is 0 Å². The summed E-state index contributed by atoms with van der Waals surface area (Å²) in [5, 5.41) is 0. The molecule has 1 aromatic carbocycles. The molecule has 0 bridgehead atoms. The van der Waals surface area contributed by atoms with Crippen LogP contribution in [0.2, 0.25) is 0 Å². The van der Waals surface area contributed by atoms with E-state index >= 15 is 0 Å². The molecular formula is C11H9BrO2. The van der Waals surface area contributed by atoms with Crippen LogP contribution in [0.1, 0.15) is 21.5 Å². The zero-order chi connectivity index (χ0) is 10.1. The van der Waals surface area contributed by atoms with E-state index in [0.29, 0.717) is 5.56 Å². The van der Waals surface area contributed by atoms with Gasteiger partial charge < -0.3 is 4.74 Å². The van der Waals surface area contributed by atoms with Crippen LogP contribution in [-0.4, -0.2) is 13.1 Å². The lowest BCUT2D eigenvalue weighted by Crippen LogP contribution is -2.01. The van der Waals surface area contributed by atoms with Crippen LogP contribution in [-0.2, 0) is 11.2 Å². The number of halogens is 1. The number of ether oxygens (including phenoxy) is 1. The minimum Gasteiger partial charge on any atom is -0.465 e. The Morgan fingerprint density at radius 3 is 3.00 bits per heavy atom. The number of methoxy groups -OCH3 is 1. The molecule has 2 nitrogen and oxygen atoms in total. The number of allylic oxidation sites excluding steroid dienone is 1. The predicted molar refractivity (Wildman–Crippen MR) is 58.4 cm³/mol. The van der Waals surface area contributed by atoms with Crippen LogP contribution in [0.3, 0.4) is 0 Å². The zero-order valence-corrected chi connectivity index (χ0v) is 9.30. The Labute approximate surface area is 90.7 Å². The van der Waals surface area contributed by atoms with E-state index in [2.05, 4.69) is 26.7 Å². The molecule has 0 fully saturated rings. The fourth-order valence-electron chi connectivity index (χ4n) is 1.53. The SMILES string of the molecule is COC(=O)c1ccc2c(c1)C(Br)=CC2. The van der Waals surface area contributed by atoms with Gasteiger partial charge in [-0.05, 0) is 29.7 Å². The molecule has 0 spiro atoms. The second-order valence-corrected chi connectivity index (χ2v) is 3.97. The van der Waals surface area contributed by atoms with Gasteiger partial charge in [0.05, 0.1) is 12.7 Å². The molecule has 14 heavy (non-hydrogen) atoms. The summed E-state index contributed by atoms with van der Waals surface area (Å²) in [5.74, 6) is -0.292. The monoisotopic (exact) mass is 252 g/mol. The van der Waals surface area contributed by atoms with Crippen molar-refractivity contribution in [2.45, 2.75) is 6.42 Å². The molecule has 0 saturated carbocycles. The number of rotatable bonds is 1. The average molecular weight is 253 g/mol. The topological polar surface area (TPSA) is 26.3 Å². The van der Waals surface area contributed by atoms with E-state index in [9.17, 15) is 4.79 Å². The number of esters is 1. The molecule has 0 radical (unpaired) electrons. The third-order valence-corrected chi connectivity index (χ3v) is 3.04. The van der Waals surface area contributed by atoms with Crippen molar-refractivity contribution in [1.29, 1.82) is 0 Å². The number of hydrogen-bond donors (Lipinski definition) is 0. The lowest BCUT2D eigenvalue weighted by Gasteiger charge is -2.03. The normalized spacial score (nSPS) is 13.4. The number of hydrogen-bond acceptors (Lipinski definition) is 2. The van der Waals surface area contributed by atoms with Gasteiger partial charge in [0, 0.05) is 4.48 Å². The average Bonchev–Trinajstić information content (AvgIpc) is 2.59. The Hall–Kier alpha value is -1.09. The number of carbonyl (C=O) groups excluding carboxylic acids is 1. The summed E-state index contributed by atoms with van der Waals surface area (Å²) in [7, 11) is 1.39. The largest absolute Gasteiger partial charge is 0.465 e. The van der Waals surface area contributed by atoms with Gasteiger partial charge >= 0.3 is 5.97 Å². The molecule has 0 atom stereocenters. The van der Waals surface area contributed by atoms with Gasteiger partial charge in [-0.2, -0.15) is 0 Å². The highest BCUT2D eigenvalue weighted by Gasteiger charge is 2.14. The first-order chi connectivity index (χ1) is 6.72. The van der Waals surface area contributed by atoms with Crippen molar-refractivity contribution in [3.05, 3.63) is 41.0 Å². The van der Waals surface area contributed by atoms with E-state index in [1.807, 2.05) is 12.1 Å². The van der Waals surface area contributed by atoms with Gasteiger partial charge in [-0.3, -0.25) is 0 Å². The minimum atomic E-state index is -0.292. The first-order valence-electron chi connectivity index (χ1n) is 4.29. The first kappa shape index (κ1) is 9.46. The van der Waals surface area contributed by atoms with Crippen molar-refractivity contribution in [3.63, 3.8) is 0 Å². The van der Waals surface area contributed by atoms with Gasteiger partial charge in [-0.1, -0.05) is 28.1 Å². The molecule has 0 heterocycles. The van der Waals surface area contributed by atoms with Crippen LogP contribution >= 0.6 is 15.9 Å². The fraction of sp³-hybridized carbons (Fsp3) is 0.182. The van der Waals surface area contributed by atoms with Crippen LogP contribution in [0.4, 0.5) is 0 Å². The van der Waals surface area contributed by atoms with Gasteiger partial charge in [-0.15, -0.1) is 0 Å². The summed E-state index contributed by atoms with van der Waals surface area (Å²) in [6, 6.07) is 5.62. The highest BCUT2D eigenvalue weighted by molar-refractivity contribution is 9.15. The van der Waals surface area contributed by atoms with Crippen LogP contribution in [0, 0.1) is 0 Å². The lowest BCUT2D eigenvalue weighted by atomic mass is 10.1. The highest BCUT2D eigenvalue weighted by atomic mass is 79.9. The molecule has 1 aromatic rings. The third kappa shape index (κ3) is 1.48. The maximum atomic E-state index is 11.3. The molecule has 1 aliphatic rings. The molecule has 0 N–H and O–H groups in total. The molecular weight excluding hydrogens is 244 g/mol. The van der Waals surface area contributed by atoms with Gasteiger partial charge in [0.25, 0.3) is 0 Å². The van der Waals surface area contributed by atoms with Gasteiger partial charge in [0.2, 0.25) is 0 Å². The Balaban J connectivity index is 2.44. The van der Waals surface area contributed by atoms with Crippen LogP contribution < -0.4 is 0 Å². The molecule has 1 aliphatic carbocycles. The third-order valence-electron chi connectivity index (χ3n) is 2.29. The second kappa shape index (κ2) is 3.58. The van der Waals surface area contributed by atoms with Crippen LogP contribution in [0.5, 0.6) is 0 Å². The van der Waals surface area contributed by atoms with Gasteiger partial charge in [-0.25, -0.2) is 4.79 Å². The van der Waals surface area contributed by atoms with Crippen molar-refractivity contribution in [2.75, 3.05) is 7.11 Å². The number of benzene rings is 1. The summed E-state index contributed by atoms with van der Waals surface area (Å²) in [5.41, 5.74) is 2.93. The molecule has 3 heteroatoms. The summed E-state index contributed by atoms with van der Waals surface area (Å²) < 4.78 is 5.71. The molecule has 0 saturated heterocycles. The molecule has 2 rings (SSSR count). The van der Waals surface area contributed by atoms with E-state index < -0.39 is 0 Å². The maximum Gasteiger partial charge on any atom is 0.337 e. The van der Waals surface area contributed by atoms with Crippen molar-refractivity contribution in [2.24, 2.45) is 0 Å². The minimum absolute atomic E-state index is 0.292. The van der Waals surface area contributed by atoms with Crippen molar-refractivity contribution in [3.8, 4) is 0 Å². The Bertz CT molecular complexity index is 421. The predicted octanol–water partition coefficient (Wildman–Crippen LogP) is 2.77. The van der Waals surface area contributed by atoms with Crippen LogP contribution in [0.15, 0.2) is 24.3 Å². The quantitative estimate of drug-likeness (QED) is 0.719. The summed E-state index contributed by atoms with van der Waals surface area (Å²) in [6.45, 7) is 0. The van der Waals surface area contributed by atoms with E-state index in [0.717, 1.165) is 16.5 Å². The molecule has 0 unspecified atom stereocenters. The van der Waals surface area contributed by atoms with Crippen molar-refractivity contribution >= 4 is 26.4 Å². The molecule has 0 aromatic heterocycles. The Morgan fingerprint density at radius 2 is 2.29 bits per heavy atom. The maximum absolute atomic E-state index is 11.3. The Morgan fingerprint density at radius 1 is 1.50 bits per heavy atom. The fourth-order valence-corrected chi connectivity index (χ4v) is 2.06. The highest BCUT2D eigenvalue weighted by Crippen LogP contribution is 2.32. The summed E-state index contributed by atoms with van der Waals surface area (Å²) in [4.78, 5) is 11.3. The standard InChI is InChI=1S/C11H9BrO2/c1-14-11(13)8-3-2-7-4-5-10(12)9(7)6-8/h2-3,5-6H,4H2,1H3. The Kier molecular flexibility index (Phi) is 2.42. The molecule has 72 valence electrons.